The van der Waals surface area contributed by atoms with Crippen LogP contribution in [0.1, 0.15) is 36.0 Å². The fraction of sp³-hybridized carbons (Fsp3) is 0.368. The van der Waals surface area contributed by atoms with Crippen molar-refractivity contribution in [1.29, 1.82) is 0 Å². The van der Waals surface area contributed by atoms with E-state index in [9.17, 15) is 0 Å². The van der Waals surface area contributed by atoms with Crippen LogP contribution in [-0.2, 0) is 13.6 Å². The molecule has 4 heteroatoms. The minimum Gasteiger partial charge on any atom is -0.336 e. The van der Waals surface area contributed by atoms with Crippen LogP contribution in [0.3, 0.4) is 0 Å². The van der Waals surface area contributed by atoms with Crippen molar-refractivity contribution in [2.24, 2.45) is 7.05 Å². The molecule has 0 bridgehead atoms. The van der Waals surface area contributed by atoms with E-state index in [4.69, 9.17) is 4.98 Å². The highest BCUT2D eigenvalue weighted by Gasteiger charge is 2.29. The van der Waals surface area contributed by atoms with Gasteiger partial charge in [0.25, 0.3) is 0 Å². The Kier molecular flexibility index (Phi) is 3.62. The second-order valence-corrected chi connectivity index (χ2v) is 6.51. The number of nitrogens with zero attached hydrogens (tertiary/aromatic N) is 4. The molecular formula is C19H22N4. The third-order valence-electron chi connectivity index (χ3n) is 4.75. The van der Waals surface area contributed by atoms with E-state index in [1.54, 1.807) is 0 Å². The first kappa shape index (κ1) is 14.4. The van der Waals surface area contributed by atoms with Gasteiger partial charge in [0.15, 0.2) is 0 Å². The Balaban J connectivity index is 1.60. The molecule has 1 aromatic carbocycles. The summed E-state index contributed by atoms with van der Waals surface area (Å²) in [6, 6.07) is 11.2. The molecule has 0 N–H and O–H groups in total. The Bertz CT molecular complexity index is 836. The summed E-state index contributed by atoms with van der Waals surface area (Å²) in [4.78, 5) is 11.7. The zero-order valence-electron chi connectivity index (χ0n) is 13.7. The minimum atomic E-state index is 0.429. The molecule has 0 spiro atoms. The number of likely N-dealkylation sites (tertiary alicyclic amines) is 1. The van der Waals surface area contributed by atoms with Crippen LogP contribution in [0, 0.1) is 6.92 Å². The molecule has 1 aliphatic heterocycles. The molecule has 1 aliphatic rings. The lowest BCUT2D eigenvalue weighted by Crippen LogP contribution is -2.24. The van der Waals surface area contributed by atoms with Gasteiger partial charge in [-0.1, -0.05) is 12.1 Å². The van der Waals surface area contributed by atoms with Crippen molar-refractivity contribution in [1.82, 2.24) is 19.4 Å². The largest absolute Gasteiger partial charge is 0.336 e. The Morgan fingerprint density at radius 1 is 1.26 bits per heavy atom. The van der Waals surface area contributed by atoms with Crippen LogP contribution in [0.5, 0.6) is 0 Å². The number of aryl methyl sites for hydroxylation is 2. The molecule has 4 nitrogen and oxygen atoms in total. The Morgan fingerprint density at radius 3 is 3.00 bits per heavy atom. The van der Waals surface area contributed by atoms with Crippen molar-refractivity contribution in [3.63, 3.8) is 0 Å². The fourth-order valence-electron chi connectivity index (χ4n) is 3.71. The second-order valence-electron chi connectivity index (χ2n) is 6.51. The van der Waals surface area contributed by atoms with Crippen molar-refractivity contribution < 1.29 is 0 Å². The van der Waals surface area contributed by atoms with Gasteiger partial charge in [0, 0.05) is 31.4 Å². The van der Waals surface area contributed by atoms with Gasteiger partial charge in [0.05, 0.1) is 17.3 Å². The van der Waals surface area contributed by atoms with E-state index in [1.165, 1.54) is 29.6 Å². The van der Waals surface area contributed by atoms with Gasteiger partial charge >= 0.3 is 0 Å². The lowest BCUT2D eigenvalue weighted by molar-refractivity contribution is 0.236. The zero-order chi connectivity index (χ0) is 15.8. The van der Waals surface area contributed by atoms with E-state index in [-0.39, 0.29) is 0 Å². The first-order valence-electron chi connectivity index (χ1n) is 8.28. The second kappa shape index (κ2) is 5.78. The van der Waals surface area contributed by atoms with Gasteiger partial charge in [-0.05, 0) is 50.1 Å². The monoisotopic (exact) mass is 306 g/mol. The number of aromatic nitrogens is 3. The average Bonchev–Trinajstić information content (AvgIpc) is 3.13. The maximum atomic E-state index is 4.75. The van der Waals surface area contributed by atoms with E-state index in [0.717, 1.165) is 24.3 Å². The fourth-order valence-corrected chi connectivity index (χ4v) is 3.71. The third-order valence-corrected chi connectivity index (χ3v) is 4.75. The van der Waals surface area contributed by atoms with Crippen LogP contribution >= 0.6 is 0 Å². The van der Waals surface area contributed by atoms with E-state index in [1.807, 2.05) is 12.3 Å². The van der Waals surface area contributed by atoms with Crippen LogP contribution in [-0.4, -0.2) is 26.0 Å². The molecular weight excluding hydrogens is 284 g/mol. The smallest absolute Gasteiger partial charge is 0.126 e. The summed E-state index contributed by atoms with van der Waals surface area (Å²) in [7, 11) is 2.10. The van der Waals surface area contributed by atoms with Gasteiger partial charge < -0.3 is 4.57 Å². The Labute approximate surface area is 136 Å². The number of benzene rings is 1. The van der Waals surface area contributed by atoms with Crippen molar-refractivity contribution in [2.45, 2.75) is 32.4 Å². The quantitative estimate of drug-likeness (QED) is 0.741. The normalized spacial score (nSPS) is 18.8. The summed E-state index contributed by atoms with van der Waals surface area (Å²) in [5.41, 5.74) is 3.52. The summed E-state index contributed by atoms with van der Waals surface area (Å²) in [6.07, 6.45) is 6.40. The number of hydrogen-bond donors (Lipinski definition) is 0. The number of imidazole rings is 1. The van der Waals surface area contributed by atoms with Gasteiger partial charge in [-0.2, -0.15) is 0 Å². The summed E-state index contributed by atoms with van der Waals surface area (Å²) >= 11 is 0. The predicted molar refractivity (Wildman–Crippen MR) is 92.1 cm³/mol. The van der Waals surface area contributed by atoms with Crippen molar-refractivity contribution >= 4 is 10.9 Å². The van der Waals surface area contributed by atoms with Gasteiger partial charge in [-0.25, -0.2) is 4.98 Å². The van der Waals surface area contributed by atoms with Crippen LogP contribution in [0.4, 0.5) is 0 Å². The molecule has 23 heavy (non-hydrogen) atoms. The van der Waals surface area contributed by atoms with Crippen LogP contribution in [0.15, 0.2) is 42.7 Å². The first-order valence-corrected chi connectivity index (χ1v) is 8.28. The summed E-state index contributed by atoms with van der Waals surface area (Å²) in [5.74, 6) is 1.20. The molecule has 118 valence electrons. The maximum absolute atomic E-state index is 4.75. The molecule has 1 unspecified atom stereocenters. The lowest BCUT2D eigenvalue weighted by atomic mass is 10.1. The minimum absolute atomic E-state index is 0.429. The third kappa shape index (κ3) is 2.75. The Morgan fingerprint density at radius 2 is 2.17 bits per heavy atom. The van der Waals surface area contributed by atoms with Crippen LogP contribution in [0.25, 0.3) is 10.9 Å². The molecule has 0 saturated carbocycles. The zero-order valence-corrected chi connectivity index (χ0v) is 13.7. The molecule has 4 rings (SSSR count). The summed E-state index contributed by atoms with van der Waals surface area (Å²) in [6.45, 7) is 4.18. The van der Waals surface area contributed by atoms with Crippen molar-refractivity contribution in [2.75, 3.05) is 6.54 Å². The first-order chi connectivity index (χ1) is 11.2. The number of pyridine rings is 1. The molecule has 0 radical (unpaired) electrons. The standard InChI is InChI=1S/C19H22N4/c1-14-12-22(2)19(21-14)18-6-4-10-23(18)13-15-7-8-17-16(11-15)5-3-9-20-17/h3,5,7-9,11-12,18H,4,6,10,13H2,1-2H3. The van der Waals surface area contributed by atoms with E-state index in [0.29, 0.717) is 6.04 Å². The van der Waals surface area contributed by atoms with Gasteiger partial charge in [-0.3, -0.25) is 9.88 Å². The highest BCUT2D eigenvalue weighted by Crippen LogP contribution is 2.32. The van der Waals surface area contributed by atoms with Gasteiger partial charge in [0.1, 0.15) is 5.82 Å². The molecule has 2 aromatic heterocycles. The summed E-state index contributed by atoms with van der Waals surface area (Å²) in [5, 5.41) is 1.22. The van der Waals surface area contributed by atoms with Crippen LogP contribution in [0.2, 0.25) is 0 Å². The van der Waals surface area contributed by atoms with E-state index in [2.05, 4.69) is 58.9 Å². The number of hydrogen-bond acceptors (Lipinski definition) is 3. The maximum Gasteiger partial charge on any atom is 0.126 e. The number of rotatable bonds is 3. The molecule has 0 aliphatic carbocycles. The van der Waals surface area contributed by atoms with E-state index < -0.39 is 0 Å². The molecule has 1 saturated heterocycles. The van der Waals surface area contributed by atoms with Crippen molar-refractivity contribution in [3.8, 4) is 0 Å². The lowest BCUT2D eigenvalue weighted by Gasteiger charge is -2.24. The molecule has 1 atom stereocenters. The Hall–Kier alpha value is -2.20. The average molecular weight is 306 g/mol. The highest BCUT2D eigenvalue weighted by atomic mass is 15.2. The molecule has 3 heterocycles. The molecule has 3 aromatic rings. The SMILES string of the molecule is Cc1cn(C)c(C2CCCN2Cc2ccc3ncccc3c2)n1. The molecule has 1 fully saturated rings. The topological polar surface area (TPSA) is 34.0 Å². The van der Waals surface area contributed by atoms with Crippen molar-refractivity contribution in [3.05, 3.63) is 59.8 Å². The van der Waals surface area contributed by atoms with E-state index >= 15 is 0 Å². The predicted octanol–water partition coefficient (Wildman–Crippen LogP) is 3.61. The summed E-state index contributed by atoms with van der Waals surface area (Å²) < 4.78 is 2.18. The van der Waals surface area contributed by atoms with Gasteiger partial charge in [-0.15, -0.1) is 0 Å². The molecule has 0 amide bonds. The van der Waals surface area contributed by atoms with Gasteiger partial charge in [0.2, 0.25) is 0 Å². The highest BCUT2D eigenvalue weighted by molar-refractivity contribution is 5.78. The van der Waals surface area contributed by atoms with Crippen LogP contribution < -0.4 is 0 Å². The number of fused-ring (bicyclic) bond motifs is 1.